The number of rotatable bonds is 3. The molecule has 1 unspecified atom stereocenters. The molecule has 1 saturated heterocycles. The molecule has 1 N–H and O–H groups in total. The molecule has 22 heavy (non-hydrogen) atoms. The zero-order valence-corrected chi connectivity index (χ0v) is 12.4. The van der Waals surface area contributed by atoms with Crippen LogP contribution < -0.4 is 10.2 Å². The van der Waals surface area contributed by atoms with E-state index in [2.05, 4.69) is 20.4 Å². The van der Waals surface area contributed by atoms with E-state index in [1.54, 1.807) is 24.3 Å². The highest BCUT2D eigenvalue weighted by molar-refractivity contribution is 6.31. The molecule has 0 bridgehead atoms. The Labute approximate surface area is 132 Å². The van der Waals surface area contributed by atoms with Crippen LogP contribution in [0.1, 0.15) is 12.1 Å². The van der Waals surface area contributed by atoms with Crippen molar-refractivity contribution in [2.75, 3.05) is 23.3 Å². The van der Waals surface area contributed by atoms with Gasteiger partial charge in [0.05, 0.1) is 5.02 Å². The molecule has 0 saturated carbocycles. The van der Waals surface area contributed by atoms with Crippen molar-refractivity contribution >= 4 is 23.1 Å². The molecule has 3 rings (SSSR count). The van der Waals surface area contributed by atoms with Crippen LogP contribution in [-0.2, 0) is 0 Å². The lowest BCUT2D eigenvalue weighted by molar-refractivity contribution is 0.628. The zero-order valence-electron chi connectivity index (χ0n) is 11.6. The Balaban J connectivity index is 1.64. The monoisotopic (exact) mass is 317 g/mol. The molecular formula is C15H13ClFN5. The Bertz CT molecular complexity index is 713. The van der Waals surface area contributed by atoms with Crippen LogP contribution in [0.4, 0.5) is 15.9 Å². The smallest absolute Gasteiger partial charge is 0.163 e. The zero-order chi connectivity index (χ0) is 15.5. The van der Waals surface area contributed by atoms with Gasteiger partial charge in [-0.3, -0.25) is 0 Å². The average molecular weight is 318 g/mol. The first-order valence-corrected chi connectivity index (χ1v) is 7.24. The molecule has 1 aromatic heterocycles. The summed E-state index contributed by atoms with van der Waals surface area (Å²) in [5.41, 5.74) is 1.20. The summed E-state index contributed by atoms with van der Waals surface area (Å²) in [5.74, 6) is 0.232. The molecule has 2 aromatic rings. The van der Waals surface area contributed by atoms with E-state index in [9.17, 15) is 4.39 Å². The van der Waals surface area contributed by atoms with Gasteiger partial charge in [-0.25, -0.2) is 4.39 Å². The number of nitriles is 1. The minimum Gasteiger partial charge on any atom is -0.369 e. The van der Waals surface area contributed by atoms with E-state index in [0.717, 1.165) is 25.2 Å². The number of nitrogens with one attached hydrogen (secondary N) is 1. The van der Waals surface area contributed by atoms with Crippen LogP contribution in [0, 0.1) is 17.1 Å². The Morgan fingerprint density at radius 1 is 1.32 bits per heavy atom. The van der Waals surface area contributed by atoms with Gasteiger partial charge in [0.2, 0.25) is 0 Å². The highest BCUT2D eigenvalue weighted by Gasteiger charge is 2.23. The summed E-state index contributed by atoms with van der Waals surface area (Å²) in [6.07, 6.45) is 0.927. The maximum atomic E-state index is 13.2. The summed E-state index contributed by atoms with van der Waals surface area (Å²) in [6, 6.07) is 10.3. The molecule has 1 fully saturated rings. The van der Waals surface area contributed by atoms with Gasteiger partial charge >= 0.3 is 0 Å². The predicted molar refractivity (Wildman–Crippen MR) is 82.4 cm³/mol. The summed E-state index contributed by atoms with van der Waals surface area (Å²) in [5, 5.41) is 19.9. The van der Waals surface area contributed by atoms with Gasteiger partial charge in [-0.2, -0.15) is 5.26 Å². The highest BCUT2D eigenvalue weighted by Crippen LogP contribution is 2.26. The number of anilines is 2. The molecule has 1 aliphatic heterocycles. The van der Waals surface area contributed by atoms with E-state index < -0.39 is 5.82 Å². The van der Waals surface area contributed by atoms with Crippen LogP contribution in [0.25, 0.3) is 0 Å². The molecule has 0 spiro atoms. The Morgan fingerprint density at radius 2 is 2.18 bits per heavy atom. The van der Waals surface area contributed by atoms with Crippen LogP contribution in [0.2, 0.25) is 5.02 Å². The van der Waals surface area contributed by atoms with E-state index in [1.165, 1.54) is 6.07 Å². The lowest BCUT2D eigenvalue weighted by Gasteiger charge is -2.19. The van der Waals surface area contributed by atoms with Crippen LogP contribution in [0.3, 0.4) is 0 Å². The maximum Gasteiger partial charge on any atom is 0.163 e. The van der Waals surface area contributed by atoms with Gasteiger partial charge in [0, 0.05) is 24.8 Å². The number of benzene rings is 1. The first-order valence-electron chi connectivity index (χ1n) is 6.86. The summed E-state index contributed by atoms with van der Waals surface area (Å²) in [6.45, 7) is 1.62. The molecule has 1 aliphatic rings. The molecule has 0 aliphatic carbocycles. The van der Waals surface area contributed by atoms with Crippen molar-refractivity contribution in [2.45, 2.75) is 12.5 Å². The van der Waals surface area contributed by atoms with Gasteiger partial charge in [-0.15, -0.1) is 10.2 Å². The molecule has 2 heterocycles. The fraction of sp³-hybridized carbons (Fsp3) is 0.267. The van der Waals surface area contributed by atoms with Crippen molar-refractivity contribution in [3.05, 3.63) is 46.9 Å². The second kappa shape index (κ2) is 6.16. The Morgan fingerprint density at radius 3 is 2.86 bits per heavy atom. The summed E-state index contributed by atoms with van der Waals surface area (Å²) in [4.78, 5) is 2.14. The van der Waals surface area contributed by atoms with E-state index in [4.69, 9.17) is 16.9 Å². The molecular weight excluding hydrogens is 305 g/mol. The number of halogens is 2. The average Bonchev–Trinajstić information content (AvgIpc) is 2.99. The number of nitrogens with zero attached hydrogens (tertiary/aromatic N) is 4. The second-order valence-corrected chi connectivity index (χ2v) is 5.50. The Hall–Kier alpha value is -2.39. The van der Waals surface area contributed by atoms with Crippen molar-refractivity contribution in [3.63, 3.8) is 0 Å². The molecule has 0 radical (unpaired) electrons. The van der Waals surface area contributed by atoms with E-state index >= 15 is 0 Å². The van der Waals surface area contributed by atoms with Crippen molar-refractivity contribution in [1.29, 1.82) is 5.26 Å². The number of aromatic nitrogens is 2. The fourth-order valence-electron chi connectivity index (χ4n) is 2.47. The maximum absolute atomic E-state index is 13.2. The van der Waals surface area contributed by atoms with Crippen LogP contribution in [0.15, 0.2) is 30.3 Å². The molecule has 1 aromatic carbocycles. The molecule has 0 amide bonds. The van der Waals surface area contributed by atoms with Gasteiger partial charge < -0.3 is 10.2 Å². The third-order valence-corrected chi connectivity index (χ3v) is 3.88. The van der Waals surface area contributed by atoms with Crippen LogP contribution >= 0.6 is 11.6 Å². The fourth-order valence-corrected chi connectivity index (χ4v) is 2.65. The van der Waals surface area contributed by atoms with Gasteiger partial charge in [0.1, 0.15) is 17.7 Å². The summed E-state index contributed by atoms with van der Waals surface area (Å²) in [7, 11) is 0. The van der Waals surface area contributed by atoms with E-state index in [1.807, 2.05) is 6.07 Å². The largest absolute Gasteiger partial charge is 0.369 e. The van der Waals surface area contributed by atoms with Gasteiger partial charge in [-0.1, -0.05) is 11.6 Å². The quantitative estimate of drug-likeness (QED) is 0.943. The SMILES string of the molecule is N#Cc1ccc(NC2CCN(c3ccc(F)c(Cl)c3)C2)nn1. The summed E-state index contributed by atoms with van der Waals surface area (Å²) >= 11 is 5.83. The predicted octanol–water partition coefficient (Wildman–Crippen LogP) is 2.83. The second-order valence-electron chi connectivity index (χ2n) is 5.09. The highest BCUT2D eigenvalue weighted by atomic mass is 35.5. The van der Waals surface area contributed by atoms with E-state index in [0.29, 0.717) is 11.5 Å². The molecule has 112 valence electrons. The lowest BCUT2D eigenvalue weighted by atomic mass is 10.2. The standard InChI is InChI=1S/C15H13ClFN5/c16-13-7-12(2-3-14(13)17)22-6-5-11(9-22)19-15-4-1-10(8-18)20-21-15/h1-4,7,11H,5-6,9H2,(H,19,21). The third-order valence-electron chi connectivity index (χ3n) is 3.59. The van der Waals surface area contributed by atoms with Crippen LogP contribution in [-0.4, -0.2) is 29.3 Å². The van der Waals surface area contributed by atoms with Gasteiger partial charge in [0.15, 0.2) is 5.69 Å². The first-order chi connectivity index (χ1) is 10.7. The minimum atomic E-state index is -0.410. The number of hydrogen-bond acceptors (Lipinski definition) is 5. The molecule has 5 nitrogen and oxygen atoms in total. The van der Waals surface area contributed by atoms with Gasteiger partial charge in [-0.05, 0) is 36.8 Å². The third kappa shape index (κ3) is 3.10. The van der Waals surface area contributed by atoms with Crippen molar-refractivity contribution in [2.24, 2.45) is 0 Å². The molecule has 7 heteroatoms. The van der Waals surface area contributed by atoms with Crippen molar-refractivity contribution in [3.8, 4) is 6.07 Å². The van der Waals surface area contributed by atoms with Crippen molar-refractivity contribution in [1.82, 2.24) is 10.2 Å². The topological polar surface area (TPSA) is 64.8 Å². The lowest BCUT2D eigenvalue weighted by Crippen LogP contribution is -2.26. The minimum absolute atomic E-state index is 0.131. The number of hydrogen-bond donors (Lipinski definition) is 1. The van der Waals surface area contributed by atoms with Gasteiger partial charge in [0.25, 0.3) is 0 Å². The first kappa shape index (κ1) is 14.5. The Kier molecular flexibility index (Phi) is 4.07. The molecule has 1 atom stereocenters. The van der Waals surface area contributed by atoms with Crippen LogP contribution in [0.5, 0.6) is 0 Å². The summed E-state index contributed by atoms with van der Waals surface area (Å²) < 4.78 is 13.2. The van der Waals surface area contributed by atoms with Crippen molar-refractivity contribution < 1.29 is 4.39 Å². The van der Waals surface area contributed by atoms with E-state index in [-0.39, 0.29) is 11.1 Å². The normalized spacial score (nSPS) is 17.3.